The van der Waals surface area contributed by atoms with E-state index in [-0.39, 0.29) is 0 Å². The van der Waals surface area contributed by atoms with Crippen molar-refractivity contribution >= 4 is 11.5 Å². The van der Waals surface area contributed by atoms with Crippen LogP contribution in [-0.2, 0) is 6.54 Å². The fourth-order valence-corrected chi connectivity index (χ4v) is 2.36. The van der Waals surface area contributed by atoms with Gasteiger partial charge in [0.05, 0.1) is 12.8 Å². The van der Waals surface area contributed by atoms with Gasteiger partial charge in [-0.1, -0.05) is 19.1 Å². The molecule has 0 spiro atoms. The van der Waals surface area contributed by atoms with Gasteiger partial charge >= 0.3 is 0 Å². The summed E-state index contributed by atoms with van der Waals surface area (Å²) >= 11 is 0. The van der Waals surface area contributed by atoms with Gasteiger partial charge in [-0.2, -0.15) is 0 Å². The zero-order chi connectivity index (χ0) is 15.2. The Morgan fingerprint density at radius 2 is 2.05 bits per heavy atom. The highest BCUT2D eigenvalue weighted by Gasteiger charge is 2.13. The first-order chi connectivity index (χ1) is 10.2. The van der Waals surface area contributed by atoms with Crippen LogP contribution in [0, 0.1) is 6.92 Å². The number of benzene rings is 1. The van der Waals surface area contributed by atoms with Gasteiger partial charge in [-0.25, -0.2) is 4.98 Å². The predicted octanol–water partition coefficient (Wildman–Crippen LogP) is 3.28. The fourth-order valence-electron chi connectivity index (χ4n) is 2.36. The highest BCUT2D eigenvalue weighted by atomic mass is 16.5. The quantitative estimate of drug-likeness (QED) is 0.884. The van der Waals surface area contributed by atoms with Crippen molar-refractivity contribution in [3.8, 4) is 5.75 Å². The third-order valence-electron chi connectivity index (χ3n) is 3.45. The third-order valence-corrected chi connectivity index (χ3v) is 3.45. The number of anilines is 2. The van der Waals surface area contributed by atoms with Gasteiger partial charge in [-0.3, -0.25) is 0 Å². The Kier molecular flexibility index (Phi) is 5.17. The second-order valence-electron chi connectivity index (χ2n) is 5.00. The molecule has 112 valence electrons. The summed E-state index contributed by atoms with van der Waals surface area (Å²) in [5.41, 5.74) is 3.36. The molecule has 0 aliphatic carbocycles. The van der Waals surface area contributed by atoms with Gasteiger partial charge in [-0.15, -0.1) is 0 Å². The fraction of sp³-hybridized carbons (Fsp3) is 0.353. The Labute approximate surface area is 126 Å². The molecule has 4 nitrogen and oxygen atoms in total. The Morgan fingerprint density at radius 1 is 1.29 bits per heavy atom. The minimum atomic E-state index is 0.845. The molecule has 0 aliphatic heterocycles. The molecule has 2 aromatic rings. The largest absolute Gasteiger partial charge is 0.495 e. The molecule has 0 atom stereocenters. The molecule has 1 aromatic heterocycles. The van der Waals surface area contributed by atoms with E-state index in [0.29, 0.717) is 0 Å². The Bertz CT molecular complexity index is 598. The molecular weight excluding hydrogens is 262 g/mol. The van der Waals surface area contributed by atoms with Crippen molar-refractivity contribution in [1.29, 1.82) is 0 Å². The van der Waals surface area contributed by atoms with Crippen molar-refractivity contribution in [3.05, 3.63) is 47.7 Å². The summed E-state index contributed by atoms with van der Waals surface area (Å²) in [6.45, 7) is 6.00. The number of methoxy groups -OCH3 is 1. The maximum absolute atomic E-state index is 5.43. The maximum Gasteiger partial charge on any atom is 0.142 e. The number of nitrogens with one attached hydrogen (secondary N) is 1. The van der Waals surface area contributed by atoms with Crippen LogP contribution in [0.1, 0.15) is 18.1 Å². The monoisotopic (exact) mass is 285 g/mol. The molecule has 1 heterocycles. The standard InChI is InChI=1S/C17H23N3O/c1-5-18-11-14-10-13(2)17(19-12-14)20(3)15-8-6-7-9-16(15)21-4/h6-10,12,18H,5,11H2,1-4H3. The van der Waals surface area contributed by atoms with E-state index < -0.39 is 0 Å². The number of aromatic nitrogens is 1. The maximum atomic E-state index is 5.43. The van der Waals surface area contributed by atoms with E-state index in [2.05, 4.69) is 35.1 Å². The van der Waals surface area contributed by atoms with E-state index in [0.717, 1.165) is 35.9 Å². The lowest BCUT2D eigenvalue weighted by Crippen LogP contribution is -2.16. The number of aryl methyl sites for hydroxylation is 1. The summed E-state index contributed by atoms with van der Waals surface area (Å²) in [7, 11) is 3.70. The molecule has 0 saturated heterocycles. The van der Waals surface area contributed by atoms with E-state index in [9.17, 15) is 0 Å². The lowest BCUT2D eigenvalue weighted by atomic mass is 10.2. The molecule has 0 aliphatic rings. The average molecular weight is 285 g/mol. The average Bonchev–Trinajstić information content (AvgIpc) is 2.52. The van der Waals surface area contributed by atoms with Crippen LogP contribution in [0.15, 0.2) is 36.5 Å². The minimum absolute atomic E-state index is 0.845. The predicted molar refractivity (Wildman–Crippen MR) is 87.4 cm³/mol. The van der Waals surface area contributed by atoms with Crippen LogP contribution in [0.4, 0.5) is 11.5 Å². The number of hydrogen-bond donors (Lipinski definition) is 1. The van der Waals surface area contributed by atoms with Gasteiger partial charge in [-0.05, 0) is 42.8 Å². The van der Waals surface area contributed by atoms with Gasteiger partial charge in [0.25, 0.3) is 0 Å². The van der Waals surface area contributed by atoms with E-state index in [4.69, 9.17) is 4.74 Å². The molecule has 1 N–H and O–H groups in total. The number of para-hydroxylation sites is 2. The summed E-state index contributed by atoms with van der Waals surface area (Å²) in [6.07, 6.45) is 1.93. The van der Waals surface area contributed by atoms with Crippen molar-refractivity contribution in [1.82, 2.24) is 10.3 Å². The van der Waals surface area contributed by atoms with Gasteiger partial charge in [0.1, 0.15) is 11.6 Å². The highest BCUT2D eigenvalue weighted by molar-refractivity contribution is 5.68. The van der Waals surface area contributed by atoms with Crippen molar-refractivity contribution in [2.75, 3.05) is 25.6 Å². The smallest absolute Gasteiger partial charge is 0.142 e. The van der Waals surface area contributed by atoms with Crippen molar-refractivity contribution in [2.24, 2.45) is 0 Å². The van der Waals surface area contributed by atoms with Gasteiger partial charge in [0.15, 0.2) is 0 Å². The van der Waals surface area contributed by atoms with Crippen LogP contribution in [-0.4, -0.2) is 25.7 Å². The van der Waals surface area contributed by atoms with E-state index in [1.165, 1.54) is 5.56 Å². The lowest BCUT2D eigenvalue weighted by molar-refractivity contribution is 0.415. The SMILES string of the molecule is CCNCc1cnc(N(C)c2ccccc2OC)c(C)c1. The molecule has 21 heavy (non-hydrogen) atoms. The molecule has 0 saturated carbocycles. The first-order valence-electron chi connectivity index (χ1n) is 7.20. The number of pyridine rings is 1. The first kappa shape index (κ1) is 15.3. The van der Waals surface area contributed by atoms with Crippen LogP contribution >= 0.6 is 0 Å². The van der Waals surface area contributed by atoms with Gasteiger partial charge < -0.3 is 15.0 Å². The second-order valence-corrected chi connectivity index (χ2v) is 5.00. The molecule has 1 aromatic carbocycles. The minimum Gasteiger partial charge on any atom is -0.495 e. The zero-order valence-corrected chi connectivity index (χ0v) is 13.2. The molecular formula is C17H23N3O. The molecule has 4 heteroatoms. The lowest BCUT2D eigenvalue weighted by Gasteiger charge is -2.22. The van der Waals surface area contributed by atoms with Crippen molar-refractivity contribution < 1.29 is 4.74 Å². The number of ether oxygens (including phenoxy) is 1. The molecule has 0 amide bonds. The Balaban J connectivity index is 2.28. The molecule has 0 bridgehead atoms. The molecule has 0 fully saturated rings. The summed E-state index contributed by atoms with van der Waals surface area (Å²) in [4.78, 5) is 6.67. The third kappa shape index (κ3) is 3.52. The normalized spacial score (nSPS) is 10.5. The number of hydrogen-bond acceptors (Lipinski definition) is 4. The van der Waals surface area contributed by atoms with Gasteiger partial charge in [0, 0.05) is 19.8 Å². The summed E-state index contributed by atoms with van der Waals surface area (Å²) in [5, 5.41) is 3.32. The summed E-state index contributed by atoms with van der Waals surface area (Å²) < 4.78 is 5.43. The van der Waals surface area contributed by atoms with Crippen LogP contribution in [0.5, 0.6) is 5.75 Å². The molecule has 0 unspecified atom stereocenters. The Morgan fingerprint density at radius 3 is 2.71 bits per heavy atom. The molecule has 0 radical (unpaired) electrons. The van der Waals surface area contributed by atoms with E-state index >= 15 is 0 Å². The summed E-state index contributed by atoms with van der Waals surface area (Å²) in [5.74, 6) is 1.79. The van der Waals surface area contributed by atoms with E-state index in [1.807, 2.05) is 37.5 Å². The van der Waals surface area contributed by atoms with Crippen LogP contribution < -0.4 is 15.0 Å². The topological polar surface area (TPSA) is 37.4 Å². The van der Waals surface area contributed by atoms with E-state index in [1.54, 1.807) is 7.11 Å². The highest BCUT2D eigenvalue weighted by Crippen LogP contribution is 2.32. The summed E-state index contributed by atoms with van der Waals surface area (Å²) in [6, 6.07) is 10.1. The number of rotatable bonds is 6. The van der Waals surface area contributed by atoms with Crippen LogP contribution in [0.2, 0.25) is 0 Å². The first-order valence-corrected chi connectivity index (χ1v) is 7.20. The second kappa shape index (κ2) is 7.09. The van der Waals surface area contributed by atoms with Gasteiger partial charge in [0.2, 0.25) is 0 Å². The van der Waals surface area contributed by atoms with Crippen molar-refractivity contribution in [3.63, 3.8) is 0 Å². The van der Waals surface area contributed by atoms with Crippen LogP contribution in [0.25, 0.3) is 0 Å². The van der Waals surface area contributed by atoms with Crippen LogP contribution in [0.3, 0.4) is 0 Å². The number of nitrogens with zero attached hydrogens (tertiary/aromatic N) is 2. The Hall–Kier alpha value is -2.07. The molecule has 2 rings (SSSR count). The zero-order valence-electron chi connectivity index (χ0n) is 13.2. The van der Waals surface area contributed by atoms with Crippen molar-refractivity contribution in [2.45, 2.75) is 20.4 Å².